The average molecular weight is 430 g/mol. The van der Waals surface area contributed by atoms with E-state index in [-0.39, 0.29) is 18.1 Å². The number of amides is 2. The van der Waals surface area contributed by atoms with Gasteiger partial charge in [-0.05, 0) is 43.2 Å². The lowest BCUT2D eigenvalue weighted by molar-refractivity contribution is -0.152. The van der Waals surface area contributed by atoms with Crippen LogP contribution in [0.4, 0.5) is 0 Å². The number of β-lactam (4-membered cyclic amide) rings is 1. The van der Waals surface area contributed by atoms with Crippen molar-refractivity contribution >= 4 is 35.3 Å². The molecule has 1 saturated heterocycles. The minimum absolute atomic E-state index is 0.109. The SMILES string of the molecule is COC(=O)C1=C(/C=C(\C)C(C)=O)CS[C@@H]2[C@H](NC(=O)COc3ccccc3)C(=O)N12. The van der Waals surface area contributed by atoms with Gasteiger partial charge in [-0.15, -0.1) is 11.8 Å². The molecule has 158 valence electrons. The molecule has 2 aliphatic heterocycles. The number of rotatable bonds is 7. The molecular weight excluding hydrogens is 408 g/mol. The van der Waals surface area contributed by atoms with Gasteiger partial charge in [0.2, 0.25) is 0 Å². The normalized spacial score (nSPS) is 20.8. The number of para-hydroxylation sites is 1. The summed E-state index contributed by atoms with van der Waals surface area (Å²) in [6.07, 6.45) is 1.60. The van der Waals surface area contributed by atoms with Gasteiger partial charge in [0.1, 0.15) is 22.9 Å². The van der Waals surface area contributed by atoms with Gasteiger partial charge in [-0.2, -0.15) is 0 Å². The fraction of sp³-hybridized carbons (Fsp3) is 0.333. The number of hydrogen-bond donors (Lipinski definition) is 1. The smallest absolute Gasteiger partial charge is 0.355 e. The number of fused-ring (bicyclic) bond motifs is 1. The van der Waals surface area contributed by atoms with E-state index in [1.165, 1.54) is 30.7 Å². The zero-order valence-electron chi connectivity index (χ0n) is 16.8. The maximum absolute atomic E-state index is 12.7. The minimum Gasteiger partial charge on any atom is -0.484 e. The lowest BCUT2D eigenvalue weighted by Gasteiger charge is -2.49. The number of allylic oxidation sites excluding steroid dienone is 2. The number of benzene rings is 1. The van der Waals surface area contributed by atoms with E-state index in [2.05, 4.69) is 5.32 Å². The zero-order chi connectivity index (χ0) is 21.8. The topological polar surface area (TPSA) is 102 Å². The van der Waals surface area contributed by atoms with Crippen LogP contribution in [0.25, 0.3) is 0 Å². The van der Waals surface area contributed by atoms with Crippen molar-refractivity contribution in [3.63, 3.8) is 0 Å². The van der Waals surface area contributed by atoms with Gasteiger partial charge >= 0.3 is 5.97 Å². The molecule has 1 fully saturated rings. The van der Waals surface area contributed by atoms with E-state index in [0.717, 1.165) is 0 Å². The predicted molar refractivity (Wildman–Crippen MR) is 110 cm³/mol. The number of ketones is 1. The van der Waals surface area contributed by atoms with Crippen molar-refractivity contribution in [1.29, 1.82) is 0 Å². The first-order valence-electron chi connectivity index (χ1n) is 9.26. The van der Waals surface area contributed by atoms with Gasteiger partial charge in [0.15, 0.2) is 12.4 Å². The quantitative estimate of drug-likeness (QED) is 0.397. The van der Waals surface area contributed by atoms with Crippen LogP contribution in [0.5, 0.6) is 5.75 Å². The monoisotopic (exact) mass is 430 g/mol. The van der Waals surface area contributed by atoms with Crippen molar-refractivity contribution in [2.45, 2.75) is 25.3 Å². The molecule has 2 aliphatic rings. The van der Waals surface area contributed by atoms with Gasteiger partial charge in [0, 0.05) is 5.75 Å². The van der Waals surface area contributed by atoms with Gasteiger partial charge in [-0.1, -0.05) is 18.2 Å². The summed E-state index contributed by atoms with van der Waals surface area (Å²) in [6, 6.07) is 8.11. The van der Waals surface area contributed by atoms with E-state index in [0.29, 0.717) is 22.6 Å². The molecule has 0 aliphatic carbocycles. The summed E-state index contributed by atoms with van der Waals surface area (Å²) in [6.45, 7) is 2.85. The Bertz CT molecular complexity index is 940. The van der Waals surface area contributed by atoms with Gasteiger partial charge in [-0.3, -0.25) is 19.3 Å². The van der Waals surface area contributed by atoms with Gasteiger partial charge in [0.25, 0.3) is 11.8 Å². The summed E-state index contributed by atoms with van der Waals surface area (Å²) in [4.78, 5) is 50.2. The van der Waals surface area contributed by atoms with Crippen LogP contribution in [-0.4, -0.2) is 59.4 Å². The van der Waals surface area contributed by atoms with E-state index in [1.54, 1.807) is 37.3 Å². The molecule has 8 nitrogen and oxygen atoms in total. The largest absolute Gasteiger partial charge is 0.484 e. The number of ether oxygens (including phenoxy) is 2. The first-order valence-corrected chi connectivity index (χ1v) is 10.3. The molecule has 0 aromatic heterocycles. The third-order valence-corrected chi connectivity index (χ3v) is 6.05. The van der Waals surface area contributed by atoms with Crippen LogP contribution >= 0.6 is 11.8 Å². The van der Waals surface area contributed by atoms with E-state index in [1.807, 2.05) is 6.07 Å². The van der Waals surface area contributed by atoms with Crippen molar-refractivity contribution in [3.05, 3.63) is 53.3 Å². The number of carbonyl (C=O) groups excluding carboxylic acids is 4. The van der Waals surface area contributed by atoms with Crippen LogP contribution < -0.4 is 10.1 Å². The lowest BCUT2D eigenvalue weighted by atomic mass is 10.0. The first-order chi connectivity index (χ1) is 14.3. The molecule has 0 spiro atoms. The number of esters is 1. The summed E-state index contributed by atoms with van der Waals surface area (Å²) in [5, 5.41) is 2.24. The Morgan fingerprint density at radius 2 is 1.93 bits per heavy atom. The van der Waals surface area contributed by atoms with Crippen LogP contribution in [0.3, 0.4) is 0 Å². The standard InChI is InChI=1S/C21H22N2O6S/c1-12(13(2)24)9-14-11-30-20-17(19(26)23(20)18(14)21(27)28-3)22-16(25)10-29-15-7-5-4-6-8-15/h4-9,17,20H,10-11H2,1-3H3,(H,22,25)/b12-9+/t17-,20-/m1/s1. The summed E-state index contributed by atoms with van der Waals surface area (Å²) >= 11 is 1.40. The molecule has 0 radical (unpaired) electrons. The van der Waals surface area contributed by atoms with Gasteiger partial charge in [0.05, 0.1) is 7.11 Å². The molecule has 1 aromatic carbocycles. The van der Waals surface area contributed by atoms with E-state index in [9.17, 15) is 19.2 Å². The number of hydrogen-bond acceptors (Lipinski definition) is 7. The van der Waals surface area contributed by atoms with Crippen molar-refractivity contribution in [2.24, 2.45) is 0 Å². The van der Waals surface area contributed by atoms with Crippen LogP contribution in [0.2, 0.25) is 0 Å². The maximum atomic E-state index is 12.7. The summed E-state index contributed by atoms with van der Waals surface area (Å²) in [7, 11) is 1.23. The Kier molecular flexibility index (Phi) is 6.61. The molecular formula is C21H22N2O6S. The molecule has 1 N–H and O–H groups in total. The molecule has 1 aromatic rings. The number of carbonyl (C=O) groups is 4. The minimum atomic E-state index is -0.763. The highest BCUT2D eigenvalue weighted by Gasteiger charge is 2.54. The molecule has 3 rings (SSSR count). The van der Waals surface area contributed by atoms with Crippen molar-refractivity contribution in [1.82, 2.24) is 10.2 Å². The molecule has 0 unspecified atom stereocenters. The second kappa shape index (κ2) is 9.17. The fourth-order valence-corrected chi connectivity index (χ4v) is 4.39. The van der Waals surface area contributed by atoms with E-state index >= 15 is 0 Å². The predicted octanol–water partition coefficient (Wildman–Crippen LogP) is 1.43. The second-order valence-corrected chi connectivity index (χ2v) is 7.91. The highest BCUT2D eigenvalue weighted by atomic mass is 32.2. The third kappa shape index (κ3) is 4.40. The van der Waals surface area contributed by atoms with E-state index < -0.39 is 29.2 Å². The molecule has 30 heavy (non-hydrogen) atoms. The lowest BCUT2D eigenvalue weighted by Crippen LogP contribution is -2.70. The molecule has 0 saturated carbocycles. The number of Topliss-reactive ketones (excluding diaryl/α,β-unsaturated/α-hetero) is 1. The number of nitrogens with one attached hydrogen (secondary N) is 1. The summed E-state index contributed by atoms with van der Waals surface area (Å²) in [5.41, 5.74) is 1.13. The Labute approximate surface area is 178 Å². The van der Waals surface area contributed by atoms with Crippen molar-refractivity contribution < 1.29 is 28.7 Å². The van der Waals surface area contributed by atoms with Crippen LogP contribution in [-0.2, 0) is 23.9 Å². The zero-order valence-corrected chi connectivity index (χ0v) is 17.7. The second-order valence-electron chi connectivity index (χ2n) is 6.81. The number of thioether (sulfide) groups is 1. The molecule has 2 atom stereocenters. The Hall–Kier alpha value is -3.07. The Morgan fingerprint density at radius 1 is 1.23 bits per heavy atom. The molecule has 2 heterocycles. The van der Waals surface area contributed by atoms with Crippen LogP contribution in [0.15, 0.2) is 53.3 Å². The van der Waals surface area contributed by atoms with Crippen molar-refractivity contribution in [2.75, 3.05) is 19.5 Å². The maximum Gasteiger partial charge on any atom is 0.355 e. The molecule has 0 bridgehead atoms. The molecule has 9 heteroatoms. The van der Waals surface area contributed by atoms with Gasteiger partial charge < -0.3 is 14.8 Å². The number of nitrogens with zero attached hydrogens (tertiary/aromatic N) is 1. The Balaban J connectivity index is 1.71. The highest BCUT2D eigenvalue weighted by molar-refractivity contribution is 8.00. The number of methoxy groups -OCH3 is 1. The van der Waals surface area contributed by atoms with Gasteiger partial charge in [-0.25, -0.2) is 4.79 Å². The van der Waals surface area contributed by atoms with Crippen LogP contribution in [0.1, 0.15) is 13.8 Å². The summed E-state index contributed by atoms with van der Waals surface area (Å²) in [5.74, 6) is -0.678. The Morgan fingerprint density at radius 3 is 2.57 bits per heavy atom. The highest BCUT2D eigenvalue weighted by Crippen LogP contribution is 2.41. The first kappa shape index (κ1) is 21.6. The fourth-order valence-electron chi connectivity index (χ4n) is 3.08. The van der Waals surface area contributed by atoms with E-state index in [4.69, 9.17) is 9.47 Å². The van der Waals surface area contributed by atoms with Crippen LogP contribution in [0, 0.1) is 0 Å². The molecule has 2 amide bonds. The third-order valence-electron chi connectivity index (χ3n) is 4.75. The average Bonchev–Trinajstić information content (AvgIpc) is 2.75. The van der Waals surface area contributed by atoms with Crippen molar-refractivity contribution in [3.8, 4) is 5.75 Å². The summed E-state index contributed by atoms with van der Waals surface area (Å²) < 4.78 is 10.2.